The van der Waals surface area contributed by atoms with Crippen LogP contribution in [0.1, 0.15) is 41.2 Å². The first-order valence-corrected chi connectivity index (χ1v) is 8.92. The fraction of sp³-hybridized carbons (Fsp3) is 0.500. The maximum Gasteiger partial charge on any atom is 0.272 e. The zero-order chi connectivity index (χ0) is 18.0. The van der Waals surface area contributed by atoms with Gasteiger partial charge in [-0.1, -0.05) is 38.1 Å². The molecule has 1 fully saturated rings. The molecule has 0 unspecified atom stereocenters. The van der Waals surface area contributed by atoms with E-state index in [-0.39, 0.29) is 12.0 Å². The van der Waals surface area contributed by atoms with Crippen molar-refractivity contribution >= 4 is 5.91 Å². The molecule has 1 saturated heterocycles. The Morgan fingerprint density at radius 2 is 2.04 bits per heavy atom. The molecule has 0 atom stereocenters. The van der Waals surface area contributed by atoms with Gasteiger partial charge in [-0.2, -0.15) is 5.10 Å². The molecular formula is C20H27N3O2. The van der Waals surface area contributed by atoms with E-state index in [1.165, 1.54) is 11.1 Å². The number of rotatable bonds is 6. The van der Waals surface area contributed by atoms with Gasteiger partial charge in [0.1, 0.15) is 5.69 Å². The number of hydrogen-bond donors (Lipinski definition) is 0. The summed E-state index contributed by atoms with van der Waals surface area (Å²) in [4.78, 5) is 14.5. The van der Waals surface area contributed by atoms with Gasteiger partial charge in [-0.25, -0.2) is 0 Å². The topological polar surface area (TPSA) is 47.4 Å². The van der Waals surface area contributed by atoms with Gasteiger partial charge in [-0.05, 0) is 36.5 Å². The van der Waals surface area contributed by atoms with Crippen LogP contribution in [0.2, 0.25) is 0 Å². The summed E-state index contributed by atoms with van der Waals surface area (Å²) in [6.07, 6.45) is 1.01. The Balaban J connectivity index is 1.51. The number of aromatic nitrogens is 2. The molecule has 0 radical (unpaired) electrons. The Morgan fingerprint density at radius 1 is 1.32 bits per heavy atom. The van der Waals surface area contributed by atoms with Crippen LogP contribution in [0.25, 0.3) is 0 Å². The molecular weight excluding hydrogens is 314 g/mol. The zero-order valence-electron chi connectivity index (χ0n) is 15.5. The maximum atomic E-state index is 12.6. The lowest BCUT2D eigenvalue weighted by atomic mass is 10.1. The van der Waals surface area contributed by atoms with Gasteiger partial charge < -0.3 is 9.64 Å². The Morgan fingerprint density at radius 3 is 2.72 bits per heavy atom. The Kier molecular flexibility index (Phi) is 5.23. The van der Waals surface area contributed by atoms with E-state index in [0.717, 1.165) is 12.1 Å². The second-order valence-corrected chi connectivity index (χ2v) is 7.31. The second-order valence-electron chi connectivity index (χ2n) is 7.31. The lowest BCUT2D eigenvalue weighted by molar-refractivity contribution is -0.0507. The van der Waals surface area contributed by atoms with Crippen LogP contribution in [0.3, 0.4) is 0 Å². The van der Waals surface area contributed by atoms with Crippen molar-refractivity contribution in [1.29, 1.82) is 0 Å². The fourth-order valence-corrected chi connectivity index (χ4v) is 3.10. The van der Waals surface area contributed by atoms with Crippen LogP contribution in [0.5, 0.6) is 0 Å². The minimum absolute atomic E-state index is 0.0424. The summed E-state index contributed by atoms with van der Waals surface area (Å²) < 4.78 is 7.63. The molecule has 0 spiro atoms. The number of benzene rings is 1. The van der Waals surface area contributed by atoms with Crippen molar-refractivity contribution in [1.82, 2.24) is 14.7 Å². The molecule has 0 bridgehead atoms. The van der Waals surface area contributed by atoms with Crippen LogP contribution in [0.4, 0.5) is 0 Å². The first-order valence-electron chi connectivity index (χ1n) is 8.92. The minimum atomic E-state index is 0.0424. The van der Waals surface area contributed by atoms with Crippen molar-refractivity contribution in [3.8, 4) is 0 Å². The van der Waals surface area contributed by atoms with Crippen LogP contribution in [-0.2, 0) is 24.8 Å². The fourth-order valence-electron chi connectivity index (χ4n) is 3.10. The molecule has 5 heteroatoms. The summed E-state index contributed by atoms with van der Waals surface area (Å²) in [5.74, 6) is 0.571. The largest absolute Gasteiger partial charge is 0.370 e. The van der Waals surface area contributed by atoms with E-state index in [1.54, 1.807) is 4.68 Å². The van der Waals surface area contributed by atoms with E-state index in [0.29, 0.717) is 31.3 Å². The standard InChI is InChI=1S/C20H27N3O2/c1-14(2)9-17-10-19(22(4)21-17)20(24)23-11-18(12-23)25-13-16-8-6-5-7-15(16)3/h5-8,10,14,18H,9,11-13H2,1-4H3. The second kappa shape index (κ2) is 7.40. The molecule has 5 nitrogen and oxygen atoms in total. The van der Waals surface area contributed by atoms with Crippen LogP contribution < -0.4 is 0 Å². The quantitative estimate of drug-likeness (QED) is 0.811. The molecule has 1 aliphatic rings. The van der Waals surface area contributed by atoms with Crippen molar-refractivity contribution in [2.75, 3.05) is 13.1 Å². The number of nitrogens with zero attached hydrogens (tertiary/aromatic N) is 3. The highest BCUT2D eigenvalue weighted by Crippen LogP contribution is 2.19. The molecule has 0 aliphatic carbocycles. The number of carbonyl (C=O) groups excluding carboxylic acids is 1. The average Bonchev–Trinajstić information content (AvgIpc) is 2.86. The van der Waals surface area contributed by atoms with E-state index in [2.05, 4.69) is 38.0 Å². The molecule has 0 N–H and O–H groups in total. The van der Waals surface area contributed by atoms with Gasteiger partial charge in [0.2, 0.25) is 0 Å². The minimum Gasteiger partial charge on any atom is -0.370 e. The van der Waals surface area contributed by atoms with Gasteiger partial charge in [0.05, 0.1) is 18.4 Å². The number of aryl methyl sites for hydroxylation is 2. The third-order valence-electron chi connectivity index (χ3n) is 4.64. The number of amides is 1. The molecule has 1 aromatic carbocycles. The zero-order valence-corrected chi connectivity index (χ0v) is 15.5. The summed E-state index contributed by atoms with van der Waals surface area (Å²) in [5, 5.41) is 4.46. The first kappa shape index (κ1) is 17.7. The van der Waals surface area contributed by atoms with Gasteiger partial charge in [0.25, 0.3) is 5.91 Å². The molecule has 1 aromatic heterocycles. The molecule has 2 heterocycles. The van der Waals surface area contributed by atoms with Crippen molar-refractivity contribution in [2.24, 2.45) is 13.0 Å². The SMILES string of the molecule is Cc1ccccc1COC1CN(C(=O)c2cc(CC(C)C)nn2C)C1. The van der Waals surface area contributed by atoms with Crippen molar-refractivity contribution in [3.05, 3.63) is 52.8 Å². The Bertz CT molecular complexity index is 745. The van der Waals surface area contributed by atoms with Crippen molar-refractivity contribution < 1.29 is 9.53 Å². The smallest absolute Gasteiger partial charge is 0.272 e. The normalized spacial score (nSPS) is 14.8. The van der Waals surface area contributed by atoms with E-state index >= 15 is 0 Å². The third kappa shape index (κ3) is 4.10. The third-order valence-corrected chi connectivity index (χ3v) is 4.64. The maximum absolute atomic E-state index is 12.6. The van der Waals surface area contributed by atoms with E-state index in [4.69, 9.17) is 4.74 Å². The lowest BCUT2D eigenvalue weighted by Crippen LogP contribution is -2.55. The predicted octanol–water partition coefficient (Wildman–Crippen LogP) is 2.97. The lowest BCUT2D eigenvalue weighted by Gasteiger charge is -2.38. The van der Waals surface area contributed by atoms with E-state index in [9.17, 15) is 4.79 Å². The summed E-state index contributed by atoms with van der Waals surface area (Å²) in [6, 6.07) is 10.2. The number of ether oxygens (including phenoxy) is 1. The van der Waals surface area contributed by atoms with Gasteiger partial charge in [-0.3, -0.25) is 9.48 Å². The van der Waals surface area contributed by atoms with E-state index in [1.807, 2.05) is 30.1 Å². The molecule has 2 aromatic rings. The van der Waals surface area contributed by atoms with Crippen LogP contribution in [0.15, 0.2) is 30.3 Å². The number of hydrogen-bond acceptors (Lipinski definition) is 3. The molecule has 1 aliphatic heterocycles. The number of carbonyl (C=O) groups is 1. The molecule has 0 saturated carbocycles. The summed E-state index contributed by atoms with van der Waals surface area (Å²) >= 11 is 0. The predicted molar refractivity (Wildman–Crippen MR) is 97.4 cm³/mol. The molecule has 1 amide bonds. The molecule has 25 heavy (non-hydrogen) atoms. The first-order chi connectivity index (χ1) is 11.9. The van der Waals surface area contributed by atoms with Gasteiger partial charge >= 0.3 is 0 Å². The highest BCUT2D eigenvalue weighted by Gasteiger charge is 2.33. The molecule has 3 rings (SSSR count). The summed E-state index contributed by atoms with van der Waals surface area (Å²) in [5.41, 5.74) is 4.08. The summed E-state index contributed by atoms with van der Waals surface area (Å²) in [7, 11) is 1.84. The monoisotopic (exact) mass is 341 g/mol. The van der Waals surface area contributed by atoms with Crippen molar-refractivity contribution in [2.45, 2.75) is 39.9 Å². The van der Waals surface area contributed by atoms with Gasteiger partial charge in [-0.15, -0.1) is 0 Å². The van der Waals surface area contributed by atoms with E-state index < -0.39 is 0 Å². The van der Waals surface area contributed by atoms with Crippen LogP contribution >= 0.6 is 0 Å². The Labute approximate surface area is 149 Å². The van der Waals surface area contributed by atoms with Crippen LogP contribution in [-0.4, -0.2) is 39.8 Å². The highest BCUT2D eigenvalue weighted by molar-refractivity contribution is 5.93. The van der Waals surface area contributed by atoms with Crippen molar-refractivity contribution in [3.63, 3.8) is 0 Å². The molecule has 134 valence electrons. The van der Waals surface area contributed by atoms with Gasteiger partial charge in [0.15, 0.2) is 0 Å². The summed E-state index contributed by atoms with van der Waals surface area (Å²) in [6.45, 7) is 8.30. The Hall–Kier alpha value is -2.14. The van der Waals surface area contributed by atoms with Crippen LogP contribution in [0, 0.1) is 12.8 Å². The highest BCUT2D eigenvalue weighted by atomic mass is 16.5. The average molecular weight is 341 g/mol. The number of likely N-dealkylation sites (tertiary alicyclic amines) is 1. The van der Waals surface area contributed by atoms with Gasteiger partial charge in [0, 0.05) is 20.1 Å².